The monoisotopic (exact) mass is 194 g/mol. The summed E-state index contributed by atoms with van der Waals surface area (Å²) in [4.78, 5) is 13.6. The van der Waals surface area contributed by atoms with Crippen LogP contribution in [0.1, 0.15) is 32.1 Å². The van der Waals surface area contributed by atoms with Crippen LogP contribution in [0.2, 0.25) is 0 Å². The highest BCUT2D eigenvalue weighted by molar-refractivity contribution is 5.83. The van der Waals surface area contributed by atoms with Crippen molar-refractivity contribution in [3.8, 4) is 0 Å². The minimum atomic E-state index is 0.128. The van der Waals surface area contributed by atoms with Gasteiger partial charge in [-0.25, -0.2) is 0 Å². The van der Waals surface area contributed by atoms with E-state index in [1.807, 2.05) is 11.9 Å². The Balaban J connectivity index is 1.64. The molecule has 0 aromatic rings. The number of likely N-dealkylation sites (tertiary alicyclic amines) is 1. The molecule has 3 heteroatoms. The Hall–Kier alpha value is -0.570. The number of nitrogens with zero attached hydrogens (tertiary/aromatic N) is 1. The van der Waals surface area contributed by atoms with Gasteiger partial charge in [0.2, 0.25) is 5.91 Å². The molecule has 1 aliphatic heterocycles. The number of carbonyl (C=O) groups is 1. The molecule has 3 fully saturated rings. The minimum Gasteiger partial charge on any atom is -0.344 e. The quantitative estimate of drug-likeness (QED) is 0.719. The summed E-state index contributed by atoms with van der Waals surface area (Å²) in [5.74, 6) is 1.19. The summed E-state index contributed by atoms with van der Waals surface area (Å²) >= 11 is 0. The number of hydrogen-bond acceptors (Lipinski definition) is 2. The van der Waals surface area contributed by atoms with Crippen molar-refractivity contribution >= 4 is 5.91 Å². The summed E-state index contributed by atoms with van der Waals surface area (Å²) in [6, 6.07) is 0.128. The Morgan fingerprint density at radius 3 is 2.50 bits per heavy atom. The van der Waals surface area contributed by atoms with Crippen molar-refractivity contribution in [1.82, 2.24) is 10.2 Å². The molecule has 0 bridgehead atoms. The van der Waals surface area contributed by atoms with Crippen LogP contribution in [0.4, 0.5) is 0 Å². The van der Waals surface area contributed by atoms with Gasteiger partial charge in [-0.3, -0.25) is 10.1 Å². The van der Waals surface area contributed by atoms with Crippen molar-refractivity contribution in [1.29, 1.82) is 0 Å². The van der Waals surface area contributed by atoms with Gasteiger partial charge in [-0.05, 0) is 38.0 Å². The maximum atomic E-state index is 11.7. The van der Waals surface area contributed by atoms with Crippen molar-refractivity contribution in [3.63, 3.8) is 0 Å². The molecule has 0 aromatic carbocycles. The molecule has 1 saturated heterocycles. The number of rotatable bonds is 3. The van der Waals surface area contributed by atoms with Gasteiger partial charge in [0, 0.05) is 19.1 Å². The Morgan fingerprint density at radius 2 is 2.07 bits per heavy atom. The van der Waals surface area contributed by atoms with Crippen LogP contribution in [0, 0.1) is 5.92 Å². The maximum absolute atomic E-state index is 11.7. The highest BCUT2D eigenvalue weighted by Crippen LogP contribution is 2.54. The summed E-state index contributed by atoms with van der Waals surface area (Å²) < 4.78 is 0. The fourth-order valence-corrected chi connectivity index (χ4v) is 2.74. The molecule has 1 heterocycles. The largest absolute Gasteiger partial charge is 0.344 e. The molecule has 1 N–H and O–H groups in total. The summed E-state index contributed by atoms with van der Waals surface area (Å²) in [7, 11) is 1.90. The van der Waals surface area contributed by atoms with Crippen LogP contribution >= 0.6 is 0 Å². The highest BCUT2D eigenvalue weighted by Gasteiger charge is 2.55. The summed E-state index contributed by atoms with van der Waals surface area (Å²) in [5.41, 5.74) is 0.394. The molecule has 0 radical (unpaired) electrons. The lowest BCUT2D eigenvalue weighted by Gasteiger charge is -2.21. The van der Waals surface area contributed by atoms with Gasteiger partial charge in [0.25, 0.3) is 0 Å². The Kier molecular flexibility index (Phi) is 1.69. The third kappa shape index (κ3) is 1.26. The first-order valence-electron chi connectivity index (χ1n) is 5.74. The van der Waals surface area contributed by atoms with E-state index in [2.05, 4.69) is 5.32 Å². The number of likely N-dealkylation sites (N-methyl/N-ethyl adjacent to an activating group) is 1. The van der Waals surface area contributed by atoms with Crippen LogP contribution < -0.4 is 5.32 Å². The first-order chi connectivity index (χ1) is 6.71. The van der Waals surface area contributed by atoms with E-state index in [1.165, 1.54) is 25.7 Å². The smallest absolute Gasteiger partial charge is 0.239 e. The molecule has 0 aromatic heterocycles. The maximum Gasteiger partial charge on any atom is 0.239 e. The van der Waals surface area contributed by atoms with Crippen LogP contribution in [-0.4, -0.2) is 36.0 Å². The van der Waals surface area contributed by atoms with Crippen molar-refractivity contribution in [3.05, 3.63) is 0 Å². The van der Waals surface area contributed by atoms with E-state index in [-0.39, 0.29) is 6.04 Å². The third-order valence-electron chi connectivity index (χ3n) is 4.04. The molecule has 1 atom stereocenters. The highest BCUT2D eigenvalue weighted by atomic mass is 16.2. The van der Waals surface area contributed by atoms with Gasteiger partial charge in [-0.15, -0.1) is 0 Å². The summed E-state index contributed by atoms with van der Waals surface area (Å²) in [6.45, 7) is 0.928. The molecule has 2 aliphatic carbocycles. The summed E-state index contributed by atoms with van der Waals surface area (Å²) in [6.07, 6.45) is 6.35. The van der Waals surface area contributed by atoms with E-state index in [0.29, 0.717) is 11.4 Å². The van der Waals surface area contributed by atoms with E-state index in [0.717, 1.165) is 18.9 Å². The van der Waals surface area contributed by atoms with Crippen molar-refractivity contribution in [2.24, 2.45) is 5.92 Å². The molecule has 1 amide bonds. The third-order valence-corrected chi connectivity index (χ3v) is 4.04. The second-order valence-electron chi connectivity index (χ2n) is 5.18. The lowest BCUT2D eigenvalue weighted by molar-refractivity contribution is -0.128. The Labute approximate surface area is 84.8 Å². The molecule has 78 valence electrons. The minimum absolute atomic E-state index is 0.128. The van der Waals surface area contributed by atoms with Crippen molar-refractivity contribution in [2.45, 2.75) is 43.7 Å². The van der Waals surface area contributed by atoms with Crippen LogP contribution in [0.3, 0.4) is 0 Å². The average Bonchev–Trinajstić information content (AvgIpc) is 2.99. The Bertz CT molecular complexity index is 268. The van der Waals surface area contributed by atoms with Gasteiger partial charge in [-0.1, -0.05) is 0 Å². The molecule has 14 heavy (non-hydrogen) atoms. The van der Waals surface area contributed by atoms with Crippen LogP contribution in [-0.2, 0) is 4.79 Å². The standard InChI is InChI=1S/C11H18N2O/c1-13-7-4-9(10(13)14)12-11(5-6-11)8-2-3-8/h8-9,12H,2-7H2,1H3. The lowest BCUT2D eigenvalue weighted by atomic mass is 10.1. The van der Waals surface area contributed by atoms with E-state index < -0.39 is 0 Å². The molecule has 3 aliphatic rings. The molecular weight excluding hydrogens is 176 g/mol. The van der Waals surface area contributed by atoms with Crippen LogP contribution in [0.15, 0.2) is 0 Å². The zero-order valence-corrected chi connectivity index (χ0v) is 8.75. The fraction of sp³-hybridized carbons (Fsp3) is 0.909. The van der Waals surface area contributed by atoms with Gasteiger partial charge in [0.05, 0.1) is 6.04 Å². The van der Waals surface area contributed by atoms with Crippen LogP contribution in [0.25, 0.3) is 0 Å². The SMILES string of the molecule is CN1CCC(NC2(C3CC3)CC2)C1=O. The zero-order chi connectivity index (χ0) is 9.76. The molecule has 2 saturated carbocycles. The lowest BCUT2D eigenvalue weighted by Crippen LogP contribution is -2.45. The van der Waals surface area contributed by atoms with E-state index in [4.69, 9.17) is 0 Å². The number of amides is 1. The molecular formula is C11H18N2O. The van der Waals surface area contributed by atoms with Gasteiger partial charge in [0.15, 0.2) is 0 Å². The van der Waals surface area contributed by atoms with E-state index >= 15 is 0 Å². The second-order valence-corrected chi connectivity index (χ2v) is 5.18. The normalized spacial score (nSPS) is 35.1. The predicted molar refractivity (Wildman–Crippen MR) is 53.9 cm³/mol. The molecule has 3 nitrogen and oxygen atoms in total. The van der Waals surface area contributed by atoms with Gasteiger partial charge in [0.1, 0.15) is 0 Å². The zero-order valence-electron chi connectivity index (χ0n) is 8.75. The van der Waals surface area contributed by atoms with Gasteiger partial charge in [-0.2, -0.15) is 0 Å². The number of carbonyl (C=O) groups excluding carboxylic acids is 1. The van der Waals surface area contributed by atoms with Crippen LogP contribution in [0.5, 0.6) is 0 Å². The van der Waals surface area contributed by atoms with E-state index in [1.54, 1.807) is 0 Å². The second kappa shape index (κ2) is 2.72. The molecule has 0 spiro atoms. The van der Waals surface area contributed by atoms with Crippen molar-refractivity contribution < 1.29 is 4.79 Å². The van der Waals surface area contributed by atoms with E-state index in [9.17, 15) is 4.79 Å². The van der Waals surface area contributed by atoms with Crippen molar-refractivity contribution in [2.75, 3.05) is 13.6 Å². The predicted octanol–water partition coefficient (Wildman–Crippen LogP) is 0.749. The van der Waals surface area contributed by atoms with Gasteiger partial charge >= 0.3 is 0 Å². The first kappa shape index (κ1) is 8.72. The number of nitrogens with one attached hydrogen (secondary N) is 1. The Morgan fingerprint density at radius 1 is 1.36 bits per heavy atom. The molecule has 3 rings (SSSR count). The molecule has 1 unspecified atom stereocenters. The average molecular weight is 194 g/mol. The number of hydrogen-bond donors (Lipinski definition) is 1. The topological polar surface area (TPSA) is 32.3 Å². The summed E-state index contributed by atoms with van der Waals surface area (Å²) in [5, 5.41) is 3.62. The van der Waals surface area contributed by atoms with Gasteiger partial charge < -0.3 is 4.90 Å². The fourth-order valence-electron chi connectivity index (χ4n) is 2.74. The first-order valence-corrected chi connectivity index (χ1v) is 5.74.